The summed E-state index contributed by atoms with van der Waals surface area (Å²) in [6.07, 6.45) is 5.89. The monoisotopic (exact) mass is 646 g/mol. The second-order valence-electron chi connectivity index (χ2n) is 11.3. The summed E-state index contributed by atoms with van der Waals surface area (Å²) in [6, 6.07) is 19.1. The highest BCUT2D eigenvalue weighted by atomic mass is 19.1. The van der Waals surface area contributed by atoms with Crippen molar-refractivity contribution in [2.45, 2.75) is 108 Å². The van der Waals surface area contributed by atoms with Crippen molar-refractivity contribution < 1.29 is 13.9 Å². The van der Waals surface area contributed by atoms with E-state index < -0.39 is 0 Å². The zero-order valence-electron chi connectivity index (χ0n) is 31.3. The van der Waals surface area contributed by atoms with Crippen LogP contribution in [0.5, 0.6) is 5.75 Å². The Morgan fingerprint density at radius 3 is 2.13 bits per heavy atom. The van der Waals surface area contributed by atoms with Crippen molar-refractivity contribution in [3.05, 3.63) is 118 Å². The quantitative estimate of drug-likeness (QED) is 0.260. The number of ether oxygens (including phenoxy) is 1. The zero-order valence-corrected chi connectivity index (χ0v) is 31.3. The Morgan fingerprint density at radius 2 is 1.60 bits per heavy atom. The Kier molecular flexibility index (Phi) is 22.5. The fourth-order valence-electron chi connectivity index (χ4n) is 4.58. The molecule has 3 aromatic carbocycles. The molecule has 1 aliphatic rings. The van der Waals surface area contributed by atoms with Gasteiger partial charge in [-0.1, -0.05) is 102 Å². The summed E-state index contributed by atoms with van der Waals surface area (Å²) in [7, 11) is 0. The predicted molar refractivity (Wildman–Crippen MR) is 203 cm³/mol. The van der Waals surface area contributed by atoms with E-state index >= 15 is 0 Å². The normalized spacial score (nSPS) is 13.6. The molecule has 5 heteroatoms. The molecule has 47 heavy (non-hydrogen) atoms. The minimum atomic E-state index is -0.0972. The molecule has 1 unspecified atom stereocenters. The summed E-state index contributed by atoms with van der Waals surface area (Å²) in [5.74, 6) is 0.788. The zero-order chi connectivity index (χ0) is 35.9. The Bertz CT molecular complexity index is 1380. The van der Waals surface area contributed by atoms with E-state index in [1.807, 2.05) is 78.5 Å². The number of allylic oxidation sites excluding steroid dienone is 2. The van der Waals surface area contributed by atoms with Gasteiger partial charge in [0.25, 0.3) is 5.91 Å². The lowest BCUT2D eigenvalue weighted by Gasteiger charge is -2.31. The summed E-state index contributed by atoms with van der Waals surface area (Å²) in [5, 5.41) is 0. The van der Waals surface area contributed by atoms with Gasteiger partial charge in [-0.25, -0.2) is 4.39 Å². The lowest BCUT2D eigenvalue weighted by molar-refractivity contribution is 0.0708. The third-order valence-electron chi connectivity index (χ3n) is 7.65. The second-order valence-corrected chi connectivity index (χ2v) is 11.3. The number of nitrogens with two attached hydrogens (primary N) is 1. The smallest absolute Gasteiger partial charge is 0.254 e. The van der Waals surface area contributed by atoms with Crippen LogP contribution in [0.4, 0.5) is 4.39 Å². The Labute approximate surface area is 286 Å². The molecule has 1 saturated heterocycles. The molecule has 3 aromatic rings. The van der Waals surface area contributed by atoms with Crippen molar-refractivity contribution >= 4 is 12.0 Å². The number of carbonyl (C=O) groups is 1. The Balaban J connectivity index is 0.000000695. The van der Waals surface area contributed by atoms with Gasteiger partial charge in [-0.05, 0) is 112 Å². The summed E-state index contributed by atoms with van der Waals surface area (Å²) in [4.78, 5) is 14.5. The molecule has 0 saturated carbocycles. The first-order valence-electron chi connectivity index (χ1n) is 17.4. The fraction of sp³-hybridized carbons (Fsp3) is 0.452. The highest BCUT2D eigenvalue weighted by Crippen LogP contribution is 2.25. The molecule has 0 radical (unpaired) electrons. The van der Waals surface area contributed by atoms with Gasteiger partial charge >= 0.3 is 0 Å². The van der Waals surface area contributed by atoms with Gasteiger partial charge in [0.05, 0.1) is 6.61 Å². The van der Waals surface area contributed by atoms with Gasteiger partial charge in [0.2, 0.25) is 0 Å². The van der Waals surface area contributed by atoms with Crippen LogP contribution in [0.3, 0.4) is 0 Å². The van der Waals surface area contributed by atoms with E-state index in [2.05, 4.69) is 57.7 Å². The third-order valence-corrected chi connectivity index (χ3v) is 7.65. The first-order chi connectivity index (χ1) is 22.5. The lowest BCUT2D eigenvalue weighted by atomic mass is 10.0. The number of likely N-dealkylation sites (tertiary alicyclic amines) is 1. The summed E-state index contributed by atoms with van der Waals surface area (Å²) >= 11 is 0. The maximum absolute atomic E-state index is 12.6. The molecule has 1 amide bonds. The SMILES string of the molecule is C=C(C)/C(C)=C/c1ccccc1C.CC.CC.CCCOc1cc(C(=O)N2CCCC(N)C2)cc(C)c1C.CCc1ccccc1F. The van der Waals surface area contributed by atoms with Gasteiger partial charge in [0.15, 0.2) is 0 Å². The first-order valence-corrected chi connectivity index (χ1v) is 17.4. The van der Waals surface area contributed by atoms with Crippen molar-refractivity contribution in [2.24, 2.45) is 5.73 Å². The van der Waals surface area contributed by atoms with Crippen LogP contribution in [0.2, 0.25) is 0 Å². The van der Waals surface area contributed by atoms with Crippen molar-refractivity contribution in [1.29, 1.82) is 0 Å². The van der Waals surface area contributed by atoms with E-state index in [0.717, 1.165) is 60.2 Å². The second kappa shape index (κ2) is 24.5. The van der Waals surface area contributed by atoms with E-state index in [0.29, 0.717) is 18.7 Å². The highest BCUT2D eigenvalue weighted by Gasteiger charge is 2.23. The number of carbonyl (C=O) groups excluding carboxylic acids is 1. The molecule has 1 atom stereocenters. The molecule has 1 heterocycles. The van der Waals surface area contributed by atoms with Crippen LogP contribution >= 0.6 is 0 Å². The highest BCUT2D eigenvalue weighted by molar-refractivity contribution is 5.95. The minimum Gasteiger partial charge on any atom is -0.493 e. The maximum Gasteiger partial charge on any atom is 0.254 e. The van der Waals surface area contributed by atoms with Gasteiger partial charge in [-0.15, -0.1) is 0 Å². The topological polar surface area (TPSA) is 55.6 Å². The van der Waals surface area contributed by atoms with Crippen LogP contribution < -0.4 is 10.5 Å². The maximum atomic E-state index is 12.6. The standard InChI is InChI=1S/C17H26N2O2.C13H16.C8H9F.2C2H6/c1-4-8-21-16-10-14(9-12(2)13(16)3)17(20)19-7-5-6-15(18)11-19;1-10(2)12(4)9-13-8-6-5-7-11(13)3;1-2-7-5-3-4-6-8(7)9;2*1-2/h9-10,15H,4-8,11,18H2,1-3H3;5-9H,1H2,2-4H3;3-6H,2H2,1H3;2*1-2H3/b;12-9+;;;. The first kappa shape index (κ1) is 43.3. The van der Waals surface area contributed by atoms with Crippen molar-refractivity contribution in [2.75, 3.05) is 19.7 Å². The number of aryl methyl sites for hydroxylation is 3. The number of nitrogens with zero attached hydrogens (tertiary/aromatic N) is 1. The minimum absolute atomic E-state index is 0.0644. The molecule has 0 spiro atoms. The van der Waals surface area contributed by atoms with E-state index in [1.165, 1.54) is 22.8 Å². The largest absolute Gasteiger partial charge is 0.493 e. The van der Waals surface area contributed by atoms with Crippen LogP contribution in [0, 0.1) is 26.6 Å². The number of amides is 1. The van der Waals surface area contributed by atoms with Gasteiger partial charge in [-0.2, -0.15) is 0 Å². The third kappa shape index (κ3) is 15.6. The number of halogens is 1. The van der Waals surface area contributed by atoms with E-state index in [-0.39, 0.29) is 17.8 Å². The van der Waals surface area contributed by atoms with Crippen LogP contribution in [0.1, 0.15) is 113 Å². The van der Waals surface area contributed by atoms with Crippen LogP contribution in [-0.4, -0.2) is 36.5 Å². The molecule has 1 aliphatic heterocycles. The molecule has 1 fully saturated rings. The Morgan fingerprint density at radius 1 is 0.979 bits per heavy atom. The molecule has 0 bridgehead atoms. The van der Waals surface area contributed by atoms with Crippen LogP contribution in [0.25, 0.3) is 6.08 Å². The fourth-order valence-corrected chi connectivity index (χ4v) is 4.58. The van der Waals surface area contributed by atoms with E-state index in [1.54, 1.807) is 12.1 Å². The molecule has 4 nitrogen and oxygen atoms in total. The molecule has 0 aliphatic carbocycles. The van der Waals surface area contributed by atoms with Crippen LogP contribution in [0.15, 0.2) is 78.4 Å². The number of piperidine rings is 1. The van der Waals surface area contributed by atoms with E-state index in [4.69, 9.17) is 10.5 Å². The molecule has 260 valence electrons. The Hall–Kier alpha value is -3.70. The predicted octanol–water partition coefficient (Wildman–Crippen LogP) is 11.1. The van der Waals surface area contributed by atoms with Crippen molar-refractivity contribution in [3.8, 4) is 5.75 Å². The number of rotatable bonds is 7. The van der Waals surface area contributed by atoms with Gasteiger partial charge in [-0.3, -0.25) is 4.79 Å². The van der Waals surface area contributed by atoms with Crippen LogP contribution in [-0.2, 0) is 6.42 Å². The molecular formula is C42H63FN2O2. The molecule has 2 N–H and O–H groups in total. The van der Waals surface area contributed by atoms with Gasteiger partial charge in [0.1, 0.15) is 11.6 Å². The molecule has 0 aromatic heterocycles. The number of benzene rings is 3. The van der Waals surface area contributed by atoms with Crippen molar-refractivity contribution in [3.63, 3.8) is 0 Å². The summed E-state index contributed by atoms with van der Waals surface area (Å²) in [5.41, 5.74) is 14.6. The lowest BCUT2D eigenvalue weighted by Crippen LogP contribution is -2.45. The van der Waals surface area contributed by atoms with Gasteiger partial charge in [0, 0.05) is 24.7 Å². The average molecular weight is 647 g/mol. The molecule has 4 rings (SSSR count). The van der Waals surface area contributed by atoms with E-state index in [9.17, 15) is 9.18 Å². The average Bonchev–Trinajstić information content (AvgIpc) is 3.08. The summed E-state index contributed by atoms with van der Waals surface area (Å²) in [6.45, 7) is 28.4. The number of hydrogen-bond donors (Lipinski definition) is 1. The summed E-state index contributed by atoms with van der Waals surface area (Å²) < 4.78 is 18.4. The van der Waals surface area contributed by atoms with Gasteiger partial charge < -0.3 is 15.4 Å². The van der Waals surface area contributed by atoms with Crippen molar-refractivity contribution in [1.82, 2.24) is 4.90 Å². The number of hydrogen-bond acceptors (Lipinski definition) is 3. The molecular weight excluding hydrogens is 583 g/mol.